The first-order chi connectivity index (χ1) is 11.7. The number of nitrogens with zero attached hydrogens (tertiary/aromatic N) is 3. The van der Waals surface area contributed by atoms with Crippen LogP contribution in [0.15, 0.2) is 23.8 Å². The molecule has 0 aliphatic carbocycles. The quantitative estimate of drug-likeness (QED) is 0.859. The minimum absolute atomic E-state index is 0.0668. The van der Waals surface area contributed by atoms with Gasteiger partial charge in [-0.25, -0.2) is 4.98 Å². The fourth-order valence-corrected chi connectivity index (χ4v) is 4.78. The van der Waals surface area contributed by atoms with Crippen molar-refractivity contribution in [1.29, 1.82) is 0 Å². The minimum Gasteiger partial charge on any atom is -0.373 e. The number of likely N-dealkylation sites (tertiary alicyclic amines) is 1. The number of fused-ring (bicyclic) bond motifs is 1. The average molecular weight is 345 g/mol. The molecule has 0 radical (unpaired) electrons. The number of thiophene rings is 1. The molecule has 6 heteroatoms. The number of rotatable bonds is 3. The highest BCUT2D eigenvalue weighted by Crippen LogP contribution is 2.34. The number of aryl methyl sites for hydroxylation is 1. The third kappa shape index (κ3) is 3.00. The summed E-state index contributed by atoms with van der Waals surface area (Å²) in [7, 11) is 0. The summed E-state index contributed by atoms with van der Waals surface area (Å²) in [6.45, 7) is 4.38. The van der Waals surface area contributed by atoms with Gasteiger partial charge in [0, 0.05) is 36.8 Å². The Bertz CT molecular complexity index is 723. The Balaban J connectivity index is 1.43. The number of amides is 1. The molecule has 5 nitrogen and oxygen atoms in total. The van der Waals surface area contributed by atoms with E-state index in [2.05, 4.69) is 21.0 Å². The molecule has 0 N–H and O–H groups in total. The van der Waals surface area contributed by atoms with E-state index in [0.717, 1.165) is 44.8 Å². The van der Waals surface area contributed by atoms with Crippen LogP contribution in [0.25, 0.3) is 0 Å². The Labute approximate surface area is 146 Å². The van der Waals surface area contributed by atoms with Crippen LogP contribution in [0.3, 0.4) is 0 Å². The molecule has 0 spiro atoms. The number of hydrogen-bond acceptors (Lipinski definition) is 4. The maximum absolute atomic E-state index is 12.8. The normalized spacial score (nSPS) is 24.0. The van der Waals surface area contributed by atoms with Gasteiger partial charge in [0.05, 0.1) is 25.2 Å². The topological polar surface area (TPSA) is 47.4 Å². The first kappa shape index (κ1) is 15.8. The van der Waals surface area contributed by atoms with Crippen LogP contribution in [0.5, 0.6) is 0 Å². The summed E-state index contributed by atoms with van der Waals surface area (Å²) in [6.07, 6.45) is 7.38. The van der Waals surface area contributed by atoms with Crippen LogP contribution in [0.4, 0.5) is 0 Å². The lowest BCUT2D eigenvalue weighted by Crippen LogP contribution is -2.41. The van der Waals surface area contributed by atoms with Crippen LogP contribution in [0.1, 0.15) is 47.7 Å². The SMILES string of the molecule is Cc1nccn1[C@H]1CCCN(C(=O)C[C@@H]2OCCc3sccc32)C1. The van der Waals surface area contributed by atoms with Crippen LogP contribution in [-0.4, -0.2) is 40.1 Å². The highest BCUT2D eigenvalue weighted by Gasteiger charge is 2.29. The molecular weight excluding hydrogens is 322 g/mol. The second kappa shape index (κ2) is 6.69. The third-order valence-corrected chi connectivity index (χ3v) is 6.14. The van der Waals surface area contributed by atoms with Gasteiger partial charge in [-0.1, -0.05) is 0 Å². The van der Waals surface area contributed by atoms with E-state index < -0.39 is 0 Å². The van der Waals surface area contributed by atoms with Crippen molar-refractivity contribution in [2.75, 3.05) is 19.7 Å². The smallest absolute Gasteiger partial charge is 0.225 e. The second-order valence-corrected chi connectivity index (χ2v) is 7.63. The predicted molar refractivity (Wildman–Crippen MR) is 93.1 cm³/mol. The zero-order chi connectivity index (χ0) is 16.5. The third-order valence-electron chi connectivity index (χ3n) is 5.14. The van der Waals surface area contributed by atoms with Crippen LogP contribution in [0.2, 0.25) is 0 Å². The molecule has 0 saturated carbocycles. The maximum Gasteiger partial charge on any atom is 0.225 e. The van der Waals surface area contributed by atoms with E-state index in [-0.39, 0.29) is 12.0 Å². The Morgan fingerprint density at radius 2 is 2.42 bits per heavy atom. The van der Waals surface area contributed by atoms with Crippen molar-refractivity contribution in [2.45, 2.75) is 44.8 Å². The minimum atomic E-state index is -0.0668. The molecule has 2 atom stereocenters. The number of piperidine rings is 1. The summed E-state index contributed by atoms with van der Waals surface area (Å²) < 4.78 is 8.09. The van der Waals surface area contributed by atoms with Crippen LogP contribution >= 0.6 is 11.3 Å². The zero-order valence-electron chi connectivity index (χ0n) is 14.0. The fourth-order valence-electron chi connectivity index (χ4n) is 3.86. The van der Waals surface area contributed by atoms with Crippen molar-refractivity contribution in [3.05, 3.63) is 40.1 Å². The second-order valence-electron chi connectivity index (χ2n) is 6.63. The zero-order valence-corrected chi connectivity index (χ0v) is 14.8. The molecule has 4 rings (SSSR count). The Morgan fingerprint density at radius 1 is 1.50 bits per heavy atom. The number of imidazole rings is 1. The molecule has 1 amide bonds. The first-order valence-corrected chi connectivity index (χ1v) is 9.55. The van der Waals surface area contributed by atoms with E-state index in [4.69, 9.17) is 4.74 Å². The molecule has 1 saturated heterocycles. The van der Waals surface area contributed by atoms with Crippen molar-refractivity contribution in [3.8, 4) is 0 Å². The highest BCUT2D eigenvalue weighted by atomic mass is 32.1. The maximum atomic E-state index is 12.8. The molecule has 24 heavy (non-hydrogen) atoms. The molecule has 2 aromatic heterocycles. The molecular formula is C18H23N3O2S. The van der Waals surface area contributed by atoms with E-state index in [9.17, 15) is 4.79 Å². The molecule has 0 unspecified atom stereocenters. The fraction of sp³-hybridized carbons (Fsp3) is 0.556. The van der Waals surface area contributed by atoms with Gasteiger partial charge >= 0.3 is 0 Å². The summed E-state index contributed by atoms with van der Waals surface area (Å²) in [5, 5.41) is 2.11. The Hall–Kier alpha value is -1.66. The van der Waals surface area contributed by atoms with E-state index in [1.807, 2.05) is 24.2 Å². The first-order valence-electron chi connectivity index (χ1n) is 8.67. The number of ether oxygens (including phenoxy) is 1. The molecule has 2 aromatic rings. The van der Waals surface area contributed by atoms with Gasteiger partial charge in [-0.05, 0) is 36.8 Å². The van der Waals surface area contributed by atoms with Gasteiger partial charge in [0.25, 0.3) is 0 Å². The average Bonchev–Trinajstić information content (AvgIpc) is 3.24. The monoisotopic (exact) mass is 345 g/mol. The summed E-state index contributed by atoms with van der Waals surface area (Å²) in [6, 6.07) is 2.46. The highest BCUT2D eigenvalue weighted by molar-refractivity contribution is 7.10. The van der Waals surface area contributed by atoms with Gasteiger partial charge in [0.15, 0.2) is 0 Å². The molecule has 0 aromatic carbocycles. The molecule has 4 heterocycles. The Morgan fingerprint density at radius 3 is 3.25 bits per heavy atom. The van der Waals surface area contributed by atoms with E-state index in [0.29, 0.717) is 12.5 Å². The van der Waals surface area contributed by atoms with Gasteiger partial charge < -0.3 is 14.2 Å². The van der Waals surface area contributed by atoms with Gasteiger partial charge in [-0.15, -0.1) is 11.3 Å². The van der Waals surface area contributed by atoms with Crippen molar-refractivity contribution in [3.63, 3.8) is 0 Å². The number of hydrogen-bond donors (Lipinski definition) is 0. The summed E-state index contributed by atoms with van der Waals surface area (Å²) >= 11 is 1.78. The van der Waals surface area contributed by atoms with Gasteiger partial charge in [-0.2, -0.15) is 0 Å². The van der Waals surface area contributed by atoms with Crippen LogP contribution in [0, 0.1) is 6.92 Å². The van der Waals surface area contributed by atoms with Gasteiger partial charge in [0.1, 0.15) is 5.82 Å². The summed E-state index contributed by atoms with van der Waals surface area (Å²) in [4.78, 5) is 20.5. The standard InChI is InChI=1S/C18H23N3O2S/c1-13-19-6-8-21(13)14-3-2-7-20(12-14)18(22)11-16-15-5-10-24-17(15)4-9-23-16/h5-6,8,10,14,16H,2-4,7,9,11-12H2,1H3/t14-,16-/m0/s1. The van der Waals surface area contributed by atoms with Crippen molar-refractivity contribution < 1.29 is 9.53 Å². The van der Waals surface area contributed by atoms with E-state index >= 15 is 0 Å². The lowest BCUT2D eigenvalue weighted by Gasteiger charge is -2.35. The lowest BCUT2D eigenvalue weighted by molar-refractivity contribution is -0.136. The van der Waals surface area contributed by atoms with Gasteiger partial charge in [0.2, 0.25) is 5.91 Å². The van der Waals surface area contributed by atoms with Crippen LogP contribution in [-0.2, 0) is 16.0 Å². The van der Waals surface area contributed by atoms with E-state index in [1.54, 1.807) is 11.3 Å². The molecule has 1 fully saturated rings. The van der Waals surface area contributed by atoms with Gasteiger partial charge in [-0.3, -0.25) is 4.79 Å². The number of carbonyl (C=O) groups is 1. The van der Waals surface area contributed by atoms with Crippen molar-refractivity contribution in [1.82, 2.24) is 14.5 Å². The predicted octanol–water partition coefficient (Wildman–Crippen LogP) is 3.12. The van der Waals surface area contributed by atoms with Crippen molar-refractivity contribution >= 4 is 17.2 Å². The van der Waals surface area contributed by atoms with Crippen LogP contribution < -0.4 is 0 Å². The molecule has 0 bridgehead atoms. The van der Waals surface area contributed by atoms with E-state index in [1.165, 1.54) is 10.4 Å². The number of carbonyl (C=O) groups excluding carboxylic acids is 1. The lowest BCUT2D eigenvalue weighted by atomic mass is 10.0. The molecule has 2 aliphatic rings. The molecule has 2 aliphatic heterocycles. The molecule has 128 valence electrons. The Kier molecular flexibility index (Phi) is 4.41. The summed E-state index contributed by atoms with van der Waals surface area (Å²) in [5.41, 5.74) is 1.22. The summed E-state index contributed by atoms with van der Waals surface area (Å²) in [5.74, 6) is 1.23. The largest absolute Gasteiger partial charge is 0.373 e. The number of aromatic nitrogens is 2. The van der Waals surface area contributed by atoms with Crippen molar-refractivity contribution in [2.24, 2.45) is 0 Å².